The lowest BCUT2D eigenvalue weighted by atomic mass is 10.2. The van der Waals surface area contributed by atoms with E-state index >= 15 is 0 Å². The van der Waals surface area contributed by atoms with Crippen LogP contribution in [0.4, 0.5) is 5.69 Å². The van der Waals surface area contributed by atoms with Crippen molar-refractivity contribution in [3.8, 4) is 0 Å². The Balaban J connectivity index is 1.88. The average molecular weight is 247 g/mol. The number of anilines is 1. The van der Waals surface area contributed by atoms with Crippen LogP contribution in [-0.2, 0) is 11.3 Å². The van der Waals surface area contributed by atoms with Crippen LogP contribution >= 0.6 is 0 Å². The van der Waals surface area contributed by atoms with Gasteiger partial charge >= 0.3 is 0 Å². The highest BCUT2D eigenvalue weighted by molar-refractivity contribution is 5.88. The van der Waals surface area contributed by atoms with Crippen LogP contribution in [0.15, 0.2) is 24.3 Å². The third-order valence-corrected chi connectivity index (χ3v) is 3.36. The van der Waals surface area contributed by atoms with Crippen molar-refractivity contribution in [2.75, 3.05) is 25.5 Å². The number of likely N-dealkylation sites (N-methyl/N-ethyl adjacent to an activating group) is 1. The molecule has 2 rings (SSSR count). The molecule has 0 aromatic heterocycles. The van der Waals surface area contributed by atoms with E-state index in [9.17, 15) is 4.79 Å². The number of nitrogens with one attached hydrogen (secondary N) is 2. The van der Waals surface area contributed by atoms with E-state index < -0.39 is 0 Å². The van der Waals surface area contributed by atoms with Gasteiger partial charge in [0, 0.05) is 38.3 Å². The summed E-state index contributed by atoms with van der Waals surface area (Å²) in [6.45, 7) is 4.78. The second-order valence-corrected chi connectivity index (χ2v) is 4.89. The number of rotatable bonds is 4. The summed E-state index contributed by atoms with van der Waals surface area (Å²) in [5.74, 6) is -0.0286. The van der Waals surface area contributed by atoms with E-state index in [1.165, 1.54) is 18.9 Å². The zero-order valence-corrected chi connectivity index (χ0v) is 11.1. The molecule has 1 aliphatic rings. The monoisotopic (exact) mass is 247 g/mol. The predicted molar refractivity (Wildman–Crippen MR) is 73.5 cm³/mol. The van der Waals surface area contributed by atoms with Crippen molar-refractivity contribution in [2.24, 2.45) is 0 Å². The van der Waals surface area contributed by atoms with Crippen LogP contribution in [0.2, 0.25) is 0 Å². The fourth-order valence-electron chi connectivity index (χ4n) is 2.37. The SMILES string of the molecule is CNC1CCN(Cc2ccc(NC(C)=O)cc2)C1. The lowest BCUT2D eigenvalue weighted by Crippen LogP contribution is -2.29. The van der Waals surface area contributed by atoms with Crippen LogP contribution in [0.3, 0.4) is 0 Å². The van der Waals surface area contributed by atoms with E-state index in [1.54, 1.807) is 0 Å². The number of carbonyl (C=O) groups excluding carboxylic acids is 1. The Kier molecular flexibility index (Phi) is 4.33. The summed E-state index contributed by atoms with van der Waals surface area (Å²) in [7, 11) is 2.02. The summed E-state index contributed by atoms with van der Waals surface area (Å²) in [5.41, 5.74) is 2.15. The van der Waals surface area contributed by atoms with Crippen LogP contribution in [0.1, 0.15) is 18.9 Å². The minimum atomic E-state index is -0.0286. The largest absolute Gasteiger partial charge is 0.326 e. The maximum Gasteiger partial charge on any atom is 0.221 e. The highest BCUT2D eigenvalue weighted by Crippen LogP contribution is 2.15. The Morgan fingerprint density at radius 1 is 1.39 bits per heavy atom. The van der Waals surface area contributed by atoms with E-state index in [4.69, 9.17) is 0 Å². The molecule has 98 valence electrons. The molecule has 1 aliphatic heterocycles. The van der Waals surface area contributed by atoms with Crippen molar-refractivity contribution in [1.29, 1.82) is 0 Å². The van der Waals surface area contributed by atoms with Crippen LogP contribution in [0.5, 0.6) is 0 Å². The van der Waals surface area contributed by atoms with E-state index in [0.29, 0.717) is 6.04 Å². The molecule has 1 aromatic rings. The Morgan fingerprint density at radius 2 is 2.11 bits per heavy atom. The predicted octanol–water partition coefficient (Wildman–Crippen LogP) is 1.44. The van der Waals surface area contributed by atoms with Gasteiger partial charge in [0.15, 0.2) is 0 Å². The van der Waals surface area contributed by atoms with Crippen molar-refractivity contribution < 1.29 is 4.79 Å². The standard InChI is InChI=1S/C14H21N3O/c1-11(18)16-13-5-3-12(4-6-13)9-17-8-7-14(10-17)15-2/h3-6,14-15H,7-10H2,1-2H3,(H,16,18). The van der Waals surface area contributed by atoms with Crippen molar-refractivity contribution >= 4 is 11.6 Å². The maximum atomic E-state index is 10.9. The highest BCUT2D eigenvalue weighted by Gasteiger charge is 2.20. The Morgan fingerprint density at radius 3 is 2.67 bits per heavy atom. The number of hydrogen-bond donors (Lipinski definition) is 2. The third kappa shape index (κ3) is 3.55. The minimum Gasteiger partial charge on any atom is -0.326 e. The Hall–Kier alpha value is -1.39. The van der Waals surface area contributed by atoms with E-state index in [-0.39, 0.29) is 5.91 Å². The zero-order chi connectivity index (χ0) is 13.0. The molecule has 4 nitrogen and oxygen atoms in total. The van der Waals surface area contributed by atoms with Gasteiger partial charge in [-0.25, -0.2) is 0 Å². The average Bonchev–Trinajstić information content (AvgIpc) is 2.79. The molecule has 4 heteroatoms. The molecule has 1 amide bonds. The van der Waals surface area contributed by atoms with Gasteiger partial charge < -0.3 is 10.6 Å². The zero-order valence-electron chi connectivity index (χ0n) is 11.1. The molecule has 0 saturated carbocycles. The lowest BCUT2D eigenvalue weighted by molar-refractivity contribution is -0.114. The maximum absolute atomic E-state index is 10.9. The minimum absolute atomic E-state index is 0.0286. The molecule has 1 fully saturated rings. The van der Waals surface area contributed by atoms with E-state index in [1.807, 2.05) is 19.2 Å². The van der Waals surface area contributed by atoms with Gasteiger partial charge in [-0.05, 0) is 31.2 Å². The molecule has 1 unspecified atom stereocenters. The lowest BCUT2D eigenvalue weighted by Gasteiger charge is -2.16. The summed E-state index contributed by atoms with van der Waals surface area (Å²) < 4.78 is 0. The van der Waals surface area contributed by atoms with Gasteiger partial charge in [-0.15, -0.1) is 0 Å². The quantitative estimate of drug-likeness (QED) is 0.846. The molecular formula is C14H21N3O. The van der Waals surface area contributed by atoms with Gasteiger partial charge in [-0.1, -0.05) is 12.1 Å². The van der Waals surface area contributed by atoms with Crippen LogP contribution in [-0.4, -0.2) is 37.0 Å². The van der Waals surface area contributed by atoms with Crippen LogP contribution in [0, 0.1) is 0 Å². The van der Waals surface area contributed by atoms with Gasteiger partial charge in [0.05, 0.1) is 0 Å². The van der Waals surface area contributed by atoms with Gasteiger partial charge in [0.2, 0.25) is 5.91 Å². The smallest absolute Gasteiger partial charge is 0.221 e. The first-order valence-electron chi connectivity index (χ1n) is 6.43. The molecule has 18 heavy (non-hydrogen) atoms. The van der Waals surface area contributed by atoms with Gasteiger partial charge in [-0.3, -0.25) is 9.69 Å². The van der Waals surface area contributed by atoms with Crippen molar-refractivity contribution in [2.45, 2.75) is 25.9 Å². The number of hydrogen-bond acceptors (Lipinski definition) is 3. The number of benzene rings is 1. The van der Waals surface area contributed by atoms with Crippen LogP contribution in [0.25, 0.3) is 0 Å². The molecule has 0 aliphatic carbocycles. The molecule has 1 saturated heterocycles. The Labute approximate surface area is 108 Å². The molecule has 0 bridgehead atoms. The third-order valence-electron chi connectivity index (χ3n) is 3.36. The fraction of sp³-hybridized carbons (Fsp3) is 0.500. The molecule has 0 spiro atoms. The first-order valence-corrected chi connectivity index (χ1v) is 6.43. The highest BCUT2D eigenvalue weighted by atomic mass is 16.1. The van der Waals surface area contributed by atoms with E-state index in [2.05, 4.69) is 27.7 Å². The summed E-state index contributed by atoms with van der Waals surface area (Å²) in [4.78, 5) is 13.4. The number of carbonyl (C=O) groups is 1. The molecular weight excluding hydrogens is 226 g/mol. The normalized spacial score (nSPS) is 20.0. The number of nitrogens with zero attached hydrogens (tertiary/aromatic N) is 1. The van der Waals surface area contributed by atoms with Crippen molar-refractivity contribution in [1.82, 2.24) is 10.2 Å². The van der Waals surface area contributed by atoms with Crippen molar-refractivity contribution in [3.63, 3.8) is 0 Å². The fourth-order valence-corrected chi connectivity index (χ4v) is 2.37. The first-order chi connectivity index (χ1) is 8.67. The van der Waals surface area contributed by atoms with Crippen molar-refractivity contribution in [3.05, 3.63) is 29.8 Å². The summed E-state index contributed by atoms with van der Waals surface area (Å²) >= 11 is 0. The molecule has 1 heterocycles. The molecule has 2 N–H and O–H groups in total. The van der Waals surface area contributed by atoms with E-state index in [0.717, 1.165) is 25.3 Å². The molecule has 0 radical (unpaired) electrons. The van der Waals surface area contributed by atoms with Gasteiger partial charge in [-0.2, -0.15) is 0 Å². The molecule has 1 aromatic carbocycles. The first kappa shape index (κ1) is 13.1. The number of amides is 1. The topological polar surface area (TPSA) is 44.4 Å². The second-order valence-electron chi connectivity index (χ2n) is 4.89. The summed E-state index contributed by atoms with van der Waals surface area (Å²) in [5, 5.41) is 6.10. The summed E-state index contributed by atoms with van der Waals surface area (Å²) in [6, 6.07) is 8.71. The summed E-state index contributed by atoms with van der Waals surface area (Å²) in [6.07, 6.45) is 1.22. The Bertz CT molecular complexity index is 402. The molecule has 1 atom stereocenters. The van der Waals surface area contributed by atoms with Gasteiger partial charge in [0.1, 0.15) is 0 Å². The van der Waals surface area contributed by atoms with Gasteiger partial charge in [0.25, 0.3) is 0 Å². The number of likely N-dealkylation sites (tertiary alicyclic amines) is 1. The van der Waals surface area contributed by atoms with Crippen LogP contribution < -0.4 is 10.6 Å². The second kappa shape index (κ2) is 5.98.